The average molecular weight is 233 g/mol. The van der Waals surface area contributed by atoms with Gasteiger partial charge in [0.2, 0.25) is 0 Å². The van der Waals surface area contributed by atoms with Crippen LogP contribution in [0.3, 0.4) is 0 Å². The first kappa shape index (κ1) is 10.1. The lowest BCUT2D eigenvalue weighted by atomic mass is 9.97. The monoisotopic (exact) mass is 233 g/mol. The molecule has 0 radical (unpaired) electrons. The van der Waals surface area contributed by atoms with E-state index in [1.165, 1.54) is 24.2 Å². The largest absolute Gasteiger partial charge is 0.316 e. The van der Waals surface area contributed by atoms with Gasteiger partial charge in [0, 0.05) is 24.0 Å². The van der Waals surface area contributed by atoms with Crippen LogP contribution in [0.4, 0.5) is 0 Å². The Hall–Kier alpha value is -1.13. The number of nitrogens with one attached hydrogen (secondary N) is 1. The maximum atomic E-state index is 4.52. The lowest BCUT2D eigenvalue weighted by Crippen LogP contribution is -2.28. The first-order valence-electron chi connectivity index (χ1n) is 5.70. The van der Waals surface area contributed by atoms with Gasteiger partial charge < -0.3 is 9.88 Å². The second-order valence-corrected chi connectivity index (χ2v) is 5.01. The van der Waals surface area contributed by atoms with Crippen LogP contribution in [0.1, 0.15) is 24.5 Å². The molecule has 4 heteroatoms. The van der Waals surface area contributed by atoms with Crippen LogP contribution in [0.25, 0.3) is 5.69 Å². The van der Waals surface area contributed by atoms with E-state index >= 15 is 0 Å². The van der Waals surface area contributed by atoms with Crippen LogP contribution in [0.2, 0.25) is 0 Å². The Kier molecular flexibility index (Phi) is 2.76. The molecule has 2 aromatic rings. The zero-order valence-corrected chi connectivity index (χ0v) is 9.91. The molecule has 16 heavy (non-hydrogen) atoms. The topological polar surface area (TPSA) is 29.9 Å². The van der Waals surface area contributed by atoms with Crippen molar-refractivity contribution < 1.29 is 0 Å². The normalized spacial score (nSPS) is 21.1. The predicted octanol–water partition coefficient (Wildman–Crippen LogP) is 2.40. The molecule has 0 aliphatic carbocycles. The zero-order chi connectivity index (χ0) is 10.8. The third-order valence-electron chi connectivity index (χ3n) is 3.12. The van der Waals surface area contributed by atoms with Crippen LogP contribution < -0.4 is 5.32 Å². The van der Waals surface area contributed by atoms with E-state index in [0.717, 1.165) is 13.1 Å². The molecule has 3 nitrogen and oxygen atoms in total. The highest BCUT2D eigenvalue weighted by molar-refractivity contribution is 7.08. The molecule has 0 aromatic carbocycles. The summed E-state index contributed by atoms with van der Waals surface area (Å²) in [7, 11) is 0. The van der Waals surface area contributed by atoms with Crippen molar-refractivity contribution in [1.29, 1.82) is 0 Å². The van der Waals surface area contributed by atoms with Crippen LogP contribution in [0.5, 0.6) is 0 Å². The van der Waals surface area contributed by atoms with Gasteiger partial charge in [-0.15, -0.1) is 0 Å². The highest BCUT2D eigenvalue weighted by Gasteiger charge is 2.17. The van der Waals surface area contributed by atoms with Gasteiger partial charge in [-0.25, -0.2) is 4.98 Å². The van der Waals surface area contributed by atoms with Gasteiger partial charge in [-0.05, 0) is 30.8 Å². The first-order chi connectivity index (χ1) is 7.93. The molecule has 3 rings (SSSR count). The lowest BCUT2D eigenvalue weighted by Gasteiger charge is -2.20. The van der Waals surface area contributed by atoms with E-state index in [4.69, 9.17) is 0 Å². The van der Waals surface area contributed by atoms with Crippen molar-refractivity contribution in [1.82, 2.24) is 14.9 Å². The molecule has 1 fully saturated rings. The minimum Gasteiger partial charge on any atom is -0.316 e. The van der Waals surface area contributed by atoms with E-state index in [9.17, 15) is 0 Å². The van der Waals surface area contributed by atoms with Crippen LogP contribution in [0, 0.1) is 0 Å². The fourth-order valence-corrected chi connectivity index (χ4v) is 2.83. The summed E-state index contributed by atoms with van der Waals surface area (Å²) in [6.45, 7) is 2.22. The Bertz CT molecular complexity index is 441. The third-order valence-corrected chi connectivity index (χ3v) is 3.79. The smallest absolute Gasteiger partial charge is 0.0995 e. The molecule has 1 aliphatic heterocycles. The molecule has 0 bridgehead atoms. The van der Waals surface area contributed by atoms with E-state index in [1.807, 2.05) is 6.33 Å². The highest BCUT2D eigenvalue weighted by Crippen LogP contribution is 2.22. The number of rotatable bonds is 2. The maximum absolute atomic E-state index is 4.52. The van der Waals surface area contributed by atoms with Crippen molar-refractivity contribution in [2.24, 2.45) is 0 Å². The molecular formula is C12H15N3S. The molecule has 1 N–H and O–H groups in total. The predicted molar refractivity (Wildman–Crippen MR) is 66.3 cm³/mol. The summed E-state index contributed by atoms with van der Waals surface area (Å²) < 4.78 is 2.11. The van der Waals surface area contributed by atoms with Crippen LogP contribution >= 0.6 is 11.3 Å². The Morgan fingerprint density at radius 2 is 2.50 bits per heavy atom. The molecule has 0 spiro atoms. The average Bonchev–Trinajstić information content (AvgIpc) is 3.01. The number of hydrogen-bond donors (Lipinski definition) is 1. The van der Waals surface area contributed by atoms with Crippen LogP contribution in [-0.4, -0.2) is 22.6 Å². The van der Waals surface area contributed by atoms with E-state index in [0.29, 0.717) is 5.92 Å². The standard InChI is InChI=1S/C12H15N3S/c1-2-10(6-13-4-1)12-7-15(9-14-12)11-3-5-16-8-11/h3,5,7-10,13H,1-2,4,6H2/t10-/m0/s1. The Balaban J connectivity index is 1.82. The van der Waals surface area contributed by atoms with Gasteiger partial charge in [0.1, 0.15) is 0 Å². The van der Waals surface area contributed by atoms with E-state index in [1.54, 1.807) is 11.3 Å². The van der Waals surface area contributed by atoms with Gasteiger partial charge in [-0.3, -0.25) is 0 Å². The minimum absolute atomic E-state index is 0.591. The van der Waals surface area contributed by atoms with E-state index in [2.05, 4.69) is 37.9 Å². The molecule has 0 unspecified atom stereocenters. The summed E-state index contributed by atoms with van der Waals surface area (Å²) in [5.74, 6) is 0.591. The minimum atomic E-state index is 0.591. The number of piperidine rings is 1. The number of imidazole rings is 1. The quantitative estimate of drug-likeness (QED) is 0.863. The summed E-state index contributed by atoms with van der Waals surface area (Å²) >= 11 is 1.72. The van der Waals surface area contributed by atoms with Gasteiger partial charge in [-0.1, -0.05) is 0 Å². The Morgan fingerprint density at radius 3 is 3.25 bits per heavy atom. The van der Waals surface area contributed by atoms with Crippen molar-refractivity contribution in [2.75, 3.05) is 13.1 Å². The van der Waals surface area contributed by atoms with Gasteiger partial charge in [0.25, 0.3) is 0 Å². The fraction of sp³-hybridized carbons (Fsp3) is 0.417. The second-order valence-electron chi connectivity index (χ2n) is 4.23. The Morgan fingerprint density at radius 1 is 1.50 bits per heavy atom. The Labute approximate surface area is 99.1 Å². The van der Waals surface area contributed by atoms with E-state index in [-0.39, 0.29) is 0 Å². The number of hydrogen-bond acceptors (Lipinski definition) is 3. The SMILES string of the molecule is c1cc(-n2cnc([C@H]3CCCNC3)c2)cs1. The maximum Gasteiger partial charge on any atom is 0.0995 e. The summed E-state index contributed by atoms with van der Waals surface area (Å²) in [5.41, 5.74) is 2.44. The second kappa shape index (κ2) is 4.39. The molecule has 0 amide bonds. The van der Waals surface area contributed by atoms with Crippen molar-refractivity contribution in [3.05, 3.63) is 35.0 Å². The van der Waals surface area contributed by atoms with Crippen LogP contribution in [0.15, 0.2) is 29.4 Å². The van der Waals surface area contributed by atoms with Crippen molar-refractivity contribution >= 4 is 11.3 Å². The number of aromatic nitrogens is 2. The molecule has 1 atom stereocenters. The van der Waals surface area contributed by atoms with Gasteiger partial charge in [0.15, 0.2) is 0 Å². The highest BCUT2D eigenvalue weighted by atomic mass is 32.1. The van der Waals surface area contributed by atoms with E-state index < -0.39 is 0 Å². The molecular weight excluding hydrogens is 218 g/mol. The van der Waals surface area contributed by atoms with Crippen LogP contribution in [-0.2, 0) is 0 Å². The summed E-state index contributed by atoms with van der Waals surface area (Å²) in [4.78, 5) is 4.52. The van der Waals surface area contributed by atoms with Gasteiger partial charge in [-0.2, -0.15) is 11.3 Å². The summed E-state index contributed by atoms with van der Waals surface area (Å²) in [5, 5.41) is 7.67. The summed E-state index contributed by atoms with van der Waals surface area (Å²) in [6, 6.07) is 2.12. The molecule has 1 aliphatic rings. The third kappa shape index (κ3) is 1.90. The number of nitrogens with zero attached hydrogens (tertiary/aromatic N) is 2. The molecule has 84 valence electrons. The van der Waals surface area contributed by atoms with Crippen molar-refractivity contribution in [3.8, 4) is 5.69 Å². The van der Waals surface area contributed by atoms with Gasteiger partial charge in [0.05, 0.1) is 17.7 Å². The van der Waals surface area contributed by atoms with Crippen molar-refractivity contribution in [3.63, 3.8) is 0 Å². The summed E-state index contributed by atoms with van der Waals surface area (Å²) in [6.07, 6.45) is 6.61. The molecule has 2 aromatic heterocycles. The molecule has 1 saturated heterocycles. The van der Waals surface area contributed by atoms with Crippen molar-refractivity contribution in [2.45, 2.75) is 18.8 Å². The first-order valence-corrected chi connectivity index (χ1v) is 6.65. The molecule has 0 saturated carbocycles. The lowest BCUT2D eigenvalue weighted by molar-refractivity contribution is 0.455. The number of thiophene rings is 1. The fourth-order valence-electron chi connectivity index (χ4n) is 2.20. The molecule has 3 heterocycles. The zero-order valence-electron chi connectivity index (χ0n) is 9.10. The van der Waals surface area contributed by atoms with Gasteiger partial charge >= 0.3 is 0 Å².